The van der Waals surface area contributed by atoms with Gasteiger partial charge in [0, 0.05) is 33.4 Å². The summed E-state index contributed by atoms with van der Waals surface area (Å²) in [7, 11) is 7.58. The summed E-state index contributed by atoms with van der Waals surface area (Å²) < 4.78 is 10.9. The van der Waals surface area contributed by atoms with E-state index in [0.717, 1.165) is 13.1 Å². The van der Waals surface area contributed by atoms with Gasteiger partial charge in [0.05, 0.1) is 5.54 Å². The Morgan fingerprint density at radius 1 is 1.39 bits per heavy atom. The van der Waals surface area contributed by atoms with Crippen molar-refractivity contribution in [3.8, 4) is 0 Å². The van der Waals surface area contributed by atoms with Gasteiger partial charge in [-0.1, -0.05) is 0 Å². The maximum absolute atomic E-state index is 6.02. The zero-order chi connectivity index (χ0) is 13.8. The molecule has 108 valence electrons. The van der Waals surface area contributed by atoms with E-state index in [0.29, 0.717) is 12.6 Å². The highest BCUT2D eigenvalue weighted by Crippen LogP contribution is 2.30. The van der Waals surface area contributed by atoms with Crippen LogP contribution in [0.25, 0.3) is 0 Å². The maximum Gasteiger partial charge on any atom is 0.176 e. The minimum Gasteiger partial charge on any atom is -0.354 e. The molecular weight excluding hydrogens is 230 g/mol. The molecule has 0 spiro atoms. The molecule has 2 N–H and O–H groups in total. The number of nitrogens with two attached hydrogens (primary N) is 1. The average Bonchev–Trinajstić information content (AvgIpc) is 2.78. The molecule has 0 aromatic carbocycles. The number of hydrogen-bond donors (Lipinski definition) is 1. The standard InChI is InChI=1S/C13H29N3O2/c1-13(10-14,12(17-4)18-5)16-8-6-7-11(16)9-15(2)3/h11-12H,6-10,14H2,1-5H3. The Labute approximate surface area is 111 Å². The molecular formula is C13H29N3O2. The Morgan fingerprint density at radius 2 is 2.00 bits per heavy atom. The molecule has 0 aromatic heterocycles. The van der Waals surface area contributed by atoms with Crippen molar-refractivity contribution in [2.45, 2.75) is 37.6 Å². The van der Waals surface area contributed by atoms with Gasteiger partial charge in [-0.2, -0.15) is 0 Å². The number of hydrogen-bond acceptors (Lipinski definition) is 5. The number of methoxy groups -OCH3 is 2. The van der Waals surface area contributed by atoms with E-state index in [1.165, 1.54) is 12.8 Å². The molecule has 5 heteroatoms. The number of ether oxygens (including phenoxy) is 2. The molecule has 1 saturated heterocycles. The van der Waals surface area contributed by atoms with Crippen LogP contribution in [0.2, 0.25) is 0 Å². The largest absolute Gasteiger partial charge is 0.354 e. The summed E-state index contributed by atoms with van der Waals surface area (Å²) >= 11 is 0. The summed E-state index contributed by atoms with van der Waals surface area (Å²) in [6.45, 7) is 4.78. The van der Waals surface area contributed by atoms with E-state index >= 15 is 0 Å². The minimum absolute atomic E-state index is 0.263. The summed E-state index contributed by atoms with van der Waals surface area (Å²) in [5, 5.41) is 0. The molecule has 2 atom stereocenters. The molecule has 1 fully saturated rings. The summed E-state index contributed by atoms with van der Waals surface area (Å²) in [4.78, 5) is 4.69. The van der Waals surface area contributed by atoms with Crippen LogP contribution in [-0.4, -0.2) is 75.6 Å². The van der Waals surface area contributed by atoms with Crippen molar-refractivity contribution >= 4 is 0 Å². The number of likely N-dealkylation sites (tertiary alicyclic amines) is 1. The van der Waals surface area contributed by atoms with Gasteiger partial charge < -0.3 is 20.1 Å². The molecule has 0 amide bonds. The van der Waals surface area contributed by atoms with Crippen molar-refractivity contribution < 1.29 is 9.47 Å². The highest BCUT2D eigenvalue weighted by Gasteiger charge is 2.44. The second-order valence-corrected chi connectivity index (χ2v) is 5.62. The van der Waals surface area contributed by atoms with Crippen LogP contribution in [-0.2, 0) is 9.47 Å². The molecule has 0 aromatic rings. The molecule has 1 heterocycles. The fraction of sp³-hybridized carbons (Fsp3) is 1.00. The molecule has 0 saturated carbocycles. The van der Waals surface area contributed by atoms with Crippen molar-refractivity contribution in [2.24, 2.45) is 5.73 Å². The van der Waals surface area contributed by atoms with Crippen LogP contribution in [0.4, 0.5) is 0 Å². The van der Waals surface area contributed by atoms with Crippen LogP contribution < -0.4 is 5.73 Å². The molecule has 0 bridgehead atoms. The monoisotopic (exact) mass is 259 g/mol. The number of nitrogens with zero attached hydrogens (tertiary/aromatic N) is 2. The van der Waals surface area contributed by atoms with Crippen molar-refractivity contribution in [1.29, 1.82) is 0 Å². The summed E-state index contributed by atoms with van der Waals surface area (Å²) in [6.07, 6.45) is 2.15. The first-order chi connectivity index (χ1) is 8.49. The van der Waals surface area contributed by atoms with Gasteiger partial charge in [0.15, 0.2) is 6.29 Å². The molecule has 5 nitrogen and oxygen atoms in total. The Bertz CT molecular complexity index is 246. The van der Waals surface area contributed by atoms with Gasteiger partial charge in [-0.05, 0) is 40.4 Å². The van der Waals surface area contributed by atoms with E-state index in [4.69, 9.17) is 15.2 Å². The summed E-state index contributed by atoms with van der Waals surface area (Å²) in [6, 6.07) is 0.529. The van der Waals surface area contributed by atoms with Gasteiger partial charge in [-0.25, -0.2) is 0 Å². The van der Waals surface area contributed by atoms with Crippen molar-refractivity contribution in [1.82, 2.24) is 9.80 Å². The minimum atomic E-state index is -0.287. The normalized spacial score (nSPS) is 25.0. The first-order valence-electron chi connectivity index (χ1n) is 6.66. The number of rotatable bonds is 7. The van der Waals surface area contributed by atoms with Crippen LogP contribution in [0.15, 0.2) is 0 Å². The fourth-order valence-corrected chi connectivity index (χ4v) is 3.07. The lowest BCUT2D eigenvalue weighted by Gasteiger charge is -2.45. The molecule has 2 unspecified atom stereocenters. The van der Waals surface area contributed by atoms with E-state index in [9.17, 15) is 0 Å². The van der Waals surface area contributed by atoms with E-state index in [2.05, 4.69) is 30.8 Å². The van der Waals surface area contributed by atoms with E-state index in [-0.39, 0.29) is 11.8 Å². The lowest BCUT2D eigenvalue weighted by atomic mass is 9.97. The topological polar surface area (TPSA) is 51.0 Å². The quantitative estimate of drug-likeness (QED) is 0.669. The zero-order valence-electron chi connectivity index (χ0n) is 12.5. The van der Waals surface area contributed by atoms with E-state index < -0.39 is 0 Å². The second kappa shape index (κ2) is 6.82. The van der Waals surface area contributed by atoms with Crippen LogP contribution in [0.5, 0.6) is 0 Å². The van der Waals surface area contributed by atoms with Crippen LogP contribution in [0.3, 0.4) is 0 Å². The molecule has 0 aliphatic carbocycles. The Balaban J connectivity index is 2.85. The van der Waals surface area contributed by atoms with Gasteiger partial charge in [0.25, 0.3) is 0 Å². The third-order valence-corrected chi connectivity index (χ3v) is 3.96. The highest BCUT2D eigenvalue weighted by atomic mass is 16.7. The predicted molar refractivity (Wildman–Crippen MR) is 73.5 cm³/mol. The van der Waals surface area contributed by atoms with Crippen LogP contribution >= 0.6 is 0 Å². The molecule has 1 aliphatic rings. The highest BCUT2D eigenvalue weighted by molar-refractivity contribution is 4.97. The Kier molecular flexibility index (Phi) is 6.01. The van der Waals surface area contributed by atoms with Crippen molar-refractivity contribution in [3.05, 3.63) is 0 Å². The molecule has 0 radical (unpaired) electrons. The first kappa shape index (κ1) is 15.9. The van der Waals surface area contributed by atoms with Gasteiger partial charge in [-0.15, -0.1) is 0 Å². The summed E-state index contributed by atoms with van der Waals surface area (Å²) in [5.74, 6) is 0. The number of likely N-dealkylation sites (N-methyl/N-ethyl adjacent to an activating group) is 1. The lowest BCUT2D eigenvalue weighted by Crippen LogP contribution is -2.62. The van der Waals surface area contributed by atoms with Gasteiger partial charge >= 0.3 is 0 Å². The SMILES string of the molecule is COC(OC)C(C)(CN)N1CCCC1CN(C)C. The first-order valence-corrected chi connectivity index (χ1v) is 6.66. The maximum atomic E-state index is 6.02. The molecule has 18 heavy (non-hydrogen) atoms. The van der Waals surface area contributed by atoms with Gasteiger partial charge in [0.2, 0.25) is 0 Å². The smallest absolute Gasteiger partial charge is 0.176 e. The van der Waals surface area contributed by atoms with E-state index in [1.807, 2.05) is 0 Å². The van der Waals surface area contributed by atoms with Gasteiger partial charge in [-0.3, -0.25) is 4.90 Å². The summed E-state index contributed by atoms with van der Waals surface area (Å²) in [5.41, 5.74) is 5.75. The Hall–Kier alpha value is -0.200. The van der Waals surface area contributed by atoms with E-state index in [1.54, 1.807) is 14.2 Å². The fourth-order valence-electron chi connectivity index (χ4n) is 3.07. The lowest BCUT2D eigenvalue weighted by molar-refractivity contribution is -0.184. The van der Waals surface area contributed by atoms with Crippen LogP contribution in [0, 0.1) is 0 Å². The molecule has 1 aliphatic heterocycles. The molecule has 1 rings (SSSR count). The predicted octanol–water partition coefficient (Wildman–Crippen LogP) is 0.349. The third-order valence-electron chi connectivity index (χ3n) is 3.96. The van der Waals surface area contributed by atoms with Gasteiger partial charge in [0.1, 0.15) is 0 Å². The van der Waals surface area contributed by atoms with Crippen LogP contribution in [0.1, 0.15) is 19.8 Å². The van der Waals surface area contributed by atoms with Crippen molar-refractivity contribution in [3.63, 3.8) is 0 Å². The zero-order valence-corrected chi connectivity index (χ0v) is 12.5. The second-order valence-electron chi connectivity index (χ2n) is 5.62. The van der Waals surface area contributed by atoms with Crippen molar-refractivity contribution in [2.75, 3.05) is 47.9 Å². The average molecular weight is 259 g/mol. The Morgan fingerprint density at radius 3 is 2.44 bits per heavy atom. The third kappa shape index (κ3) is 3.22.